The molecule has 4 rings (SSSR count). The number of imidazole rings is 1. The van der Waals surface area contributed by atoms with E-state index in [4.69, 9.17) is 0 Å². The van der Waals surface area contributed by atoms with Crippen LogP contribution >= 0.6 is 0 Å². The van der Waals surface area contributed by atoms with Crippen molar-refractivity contribution in [2.75, 3.05) is 16.8 Å². The van der Waals surface area contributed by atoms with Crippen molar-refractivity contribution in [2.24, 2.45) is 0 Å². The molecule has 0 saturated carbocycles. The van der Waals surface area contributed by atoms with Crippen molar-refractivity contribution in [3.05, 3.63) is 72.8 Å². The quantitative estimate of drug-likeness (QED) is 0.727. The van der Waals surface area contributed by atoms with Gasteiger partial charge >= 0.3 is 6.03 Å². The molecule has 6 nitrogen and oxygen atoms in total. The number of aromatic nitrogens is 2. The summed E-state index contributed by atoms with van der Waals surface area (Å²) < 4.78 is 1.94. The third kappa shape index (κ3) is 3.95. The lowest BCUT2D eigenvalue weighted by Crippen LogP contribution is -2.38. The Kier molecular flexibility index (Phi) is 4.78. The van der Waals surface area contributed by atoms with Gasteiger partial charge in [-0.25, -0.2) is 9.78 Å². The van der Waals surface area contributed by atoms with E-state index in [1.165, 1.54) is 11.3 Å². The number of hydrogen-bond donors (Lipinski definition) is 2. The minimum Gasteiger partial charge on any atom is -0.341 e. The number of rotatable bonds is 5. The molecule has 2 aromatic carbocycles. The summed E-state index contributed by atoms with van der Waals surface area (Å²) >= 11 is 0. The Morgan fingerprint density at radius 1 is 1.19 bits per heavy atom. The molecule has 0 radical (unpaired) electrons. The van der Waals surface area contributed by atoms with Gasteiger partial charge in [-0.1, -0.05) is 18.2 Å². The first-order chi connectivity index (χ1) is 13.2. The zero-order valence-corrected chi connectivity index (χ0v) is 15.3. The SMILES string of the molecule is C[C@H](Cn1ccnc1)NC(=O)Nc1ccc(N2CCc3ccccc32)cc1. The molecule has 0 bridgehead atoms. The van der Waals surface area contributed by atoms with Gasteiger partial charge in [0.25, 0.3) is 0 Å². The third-order valence-electron chi connectivity index (χ3n) is 4.75. The monoisotopic (exact) mass is 361 g/mol. The van der Waals surface area contributed by atoms with Crippen LogP contribution in [-0.4, -0.2) is 28.2 Å². The molecule has 1 aliphatic rings. The van der Waals surface area contributed by atoms with E-state index in [1.807, 2.05) is 42.0 Å². The van der Waals surface area contributed by atoms with Crippen LogP contribution in [0.2, 0.25) is 0 Å². The van der Waals surface area contributed by atoms with Crippen molar-refractivity contribution in [3.8, 4) is 0 Å². The molecule has 2 heterocycles. The number of nitrogens with zero attached hydrogens (tertiary/aromatic N) is 3. The number of para-hydroxylation sites is 1. The van der Waals surface area contributed by atoms with Crippen molar-refractivity contribution in [1.29, 1.82) is 0 Å². The standard InChI is InChI=1S/C21H23N5O/c1-16(14-25-13-11-22-15-25)23-21(27)24-18-6-8-19(9-7-18)26-12-10-17-4-2-3-5-20(17)26/h2-9,11,13,15-16H,10,12,14H2,1H3,(H2,23,24,27)/t16-/m1/s1. The van der Waals surface area contributed by atoms with Crippen LogP contribution in [0.3, 0.4) is 0 Å². The maximum atomic E-state index is 12.2. The van der Waals surface area contributed by atoms with Gasteiger partial charge in [0.2, 0.25) is 0 Å². The van der Waals surface area contributed by atoms with Crippen LogP contribution in [0.5, 0.6) is 0 Å². The van der Waals surface area contributed by atoms with Crippen LogP contribution in [0, 0.1) is 0 Å². The number of carbonyl (C=O) groups is 1. The summed E-state index contributed by atoms with van der Waals surface area (Å²) in [5.74, 6) is 0. The first kappa shape index (κ1) is 17.1. The van der Waals surface area contributed by atoms with Gasteiger partial charge in [-0.3, -0.25) is 0 Å². The van der Waals surface area contributed by atoms with E-state index in [-0.39, 0.29) is 12.1 Å². The molecule has 0 fully saturated rings. The molecular formula is C21H23N5O. The van der Waals surface area contributed by atoms with Gasteiger partial charge in [0.1, 0.15) is 0 Å². The molecule has 138 valence electrons. The molecule has 6 heteroatoms. The predicted molar refractivity (Wildman–Crippen MR) is 107 cm³/mol. The van der Waals surface area contributed by atoms with Crippen molar-refractivity contribution in [1.82, 2.24) is 14.9 Å². The van der Waals surface area contributed by atoms with E-state index in [1.54, 1.807) is 12.5 Å². The van der Waals surface area contributed by atoms with Gasteiger partial charge in [-0.15, -0.1) is 0 Å². The number of amides is 2. The van der Waals surface area contributed by atoms with Crippen LogP contribution in [0.15, 0.2) is 67.3 Å². The zero-order chi connectivity index (χ0) is 18.6. The second-order valence-corrected chi connectivity index (χ2v) is 6.84. The predicted octanol–water partition coefficient (Wildman–Crippen LogP) is 3.79. The van der Waals surface area contributed by atoms with Crippen LogP contribution in [-0.2, 0) is 13.0 Å². The van der Waals surface area contributed by atoms with Crippen LogP contribution in [0.4, 0.5) is 21.9 Å². The Bertz CT molecular complexity index is 905. The average molecular weight is 361 g/mol. The fourth-order valence-corrected chi connectivity index (χ4v) is 3.48. The van der Waals surface area contributed by atoms with Gasteiger partial charge in [0.15, 0.2) is 0 Å². The maximum Gasteiger partial charge on any atom is 0.319 e. The number of hydrogen-bond acceptors (Lipinski definition) is 3. The highest BCUT2D eigenvalue weighted by atomic mass is 16.2. The summed E-state index contributed by atoms with van der Waals surface area (Å²) in [5.41, 5.74) is 4.56. The second-order valence-electron chi connectivity index (χ2n) is 6.84. The lowest BCUT2D eigenvalue weighted by molar-refractivity contribution is 0.248. The number of urea groups is 1. The van der Waals surface area contributed by atoms with Crippen molar-refractivity contribution in [3.63, 3.8) is 0 Å². The molecule has 0 unspecified atom stereocenters. The highest BCUT2D eigenvalue weighted by Gasteiger charge is 2.19. The molecule has 1 aromatic heterocycles. The fourth-order valence-electron chi connectivity index (χ4n) is 3.48. The fraction of sp³-hybridized carbons (Fsp3) is 0.238. The average Bonchev–Trinajstić information content (AvgIpc) is 3.32. The smallest absolute Gasteiger partial charge is 0.319 e. The number of nitrogens with one attached hydrogen (secondary N) is 2. The summed E-state index contributed by atoms with van der Waals surface area (Å²) in [5, 5.41) is 5.84. The zero-order valence-electron chi connectivity index (χ0n) is 15.3. The van der Waals surface area contributed by atoms with Gasteiger partial charge in [-0.2, -0.15) is 0 Å². The van der Waals surface area contributed by atoms with Gasteiger partial charge < -0.3 is 20.1 Å². The van der Waals surface area contributed by atoms with Gasteiger partial charge in [0, 0.05) is 48.6 Å². The normalized spacial score (nSPS) is 13.9. The Labute approximate surface area is 158 Å². The lowest BCUT2D eigenvalue weighted by Gasteiger charge is -2.20. The van der Waals surface area contributed by atoms with Crippen LogP contribution < -0.4 is 15.5 Å². The van der Waals surface area contributed by atoms with Crippen molar-refractivity contribution in [2.45, 2.75) is 25.9 Å². The first-order valence-corrected chi connectivity index (χ1v) is 9.18. The number of anilines is 3. The highest BCUT2D eigenvalue weighted by molar-refractivity contribution is 5.89. The van der Waals surface area contributed by atoms with Crippen LogP contribution in [0.25, 0.3) is 0 Å². The molecule has 2 N–H and O–H groups in total. The Morgan fingerprint density at radius 3 is 2.78 bits per heavy atom. The molecule has 3 aromatic rings. The van der Waals surface area contributed by atoms with Gasteiger partial charge in [0.05, 0.1) is 6.33 Å². The highest BCUT2D eigenvalue weighted by Crippen LogP contribution is 2.34. The van der Waals surface area contributed by atoms with Crippen molar-refractivity contribution >= 4 is 23.1 Å². The van der Waals surface area contributed by atoms with E-state index in [2.05, 4.69) is 44.8 Å². The number of fused-ring (bicyclic) bond motifs is 1. The molecule has 0 aliphatic carbocycles. The van der Waals surface area contributed by atoms with Gasteiger partial charge in [-0.05, 0) is 49.2 Å². The summed E-state index contributed by atoms with van der Waals surface area (Å²) in [6, 6.07) is 16.3. The second kappa shape index (κ2) is 7.53. The first-order valence-electron chi connectivity index (χ1n) is 9.18. The molecule has 27 heavy (non-hydrogen) atoms. The molecular weight excluding hydrogens is 338 g/mol. The number of benzene rings is 2. The maximum absolute atomic E-state index is 12.2. The van der Waals surface area contributed by atoms with E-state index >= 15 is 0 Å². The summed E-state index contributed by atoms with van der Waals surface area (Å²) in [6.45, 7) is 3.63. The van der Waals surface area contributed by atoms with Crippen molar-refractivity contribution < 1.29 is 4.79 Å². The van der Waals surface area contributed by atoms with E-state index in [9.17, 15) is 4.79 Å². The Hall–Kier alpha value is -3.28. The summed E-state index contributed by atoms with van der Waals surface area (Å²) in [6.07, 6.45) is 6.41. The molecule has 0 saturated heterocycles. The Balaban J connectivity index is 1.35. The minimum atomic E-state index is -0.207. The molecule has 2 amide bonds. The van der Waals surface area contributed by atoms with E-state index in [0.29, 0.717) is 6.54 Å². The largest absolute Gasteiger partial charge is 0.341 e. The molecule has 1 atom stereocenters. The minimum absolute atomic E-state index is 0.000394. The third-order valence-corrected chi connectivity index (χ3v) is 4.75. The van der Waals surface area contributed by atoms with E-state index < -0.39 is 0 Å². The van der Waals surface area contributed by atoms with Crippen LogP contribution in [0.1, 0.15) is 12.5 Å². The summed E-state index contributed by atoms with van der Waals surface area (Å²) in [7, 11) is 0. The topological polar surface area (TPSA) is 62.2 Å². The lowest BCUT2D eigenvalue weighted by atomic mass is 10.2. The summed E-state index contributed by atoms with van der Waals surface area (Å²) in [4.78, 5) is 18.5. The van der Waals surface area contributed by atoms with E-state index in [0.717, 1.165) is 24.3 Å². The molecule has 1 aliphatic heterocycles. The number of carbonyl (C=O) groups excluding carboxylic acids is 1. The molecule has 0 spiro atoms. The Morgan fingerprint density at radius 2 is 2.00 bits per heavy atom.